The van der Waals surface area contributed by atoms with E-state index in [2.05, 4.69) is 22.2 Å². The lowest BCUT2D eigenvalue weighted by Gasteiger charge is -2.17. The van der Waals surface area contributed by atoms with Crippen LogP contribution in [0.4, 0.5) is 11.6 Å². The first kappa shape index (κ1) is 13.1. The lowest BCUT2D eigenvalue weighted by atomic mass is 10.1. The lowest BCUT2D eigenvalue weighted by Crippen LogP contribution is -2.19. The molecule has 1 heterocycles. The van der Waals surface area contributed by atoms with Gasteiger partial charge in [0.2, 0.25) is 0 Å². The molecule has 1 saturated carbocycles. The SMILES string of the molecule is CCCc1nc(N)cc(NC2CCCCCC2)n1. The van der Waals surface area contributed by atoms with Gasteiger partial charge in [0, 0.05) is 18.5 Å². The quantitative estimate of drug-likeness (QED) is 0.803. The van der Waals surface area contributed by atoms with E-state index in [4.69, 9.17) is 5.73 Å². The molecule has 1 aliphatic rings. The van der Waals surface area contributed by atoms with Gasteiger partial charge in [-0.3, -0.25) is 0 Å². The predicted molar refractivity (Wildman–Crippen MR) is 75.6 cm³/mol. The topological polar surface area (TPSA) is 63.8 Å². The molecule has 4 heteroatoms. The Morgan fingerprint density at radius 3 is 2.61 bits per heavy atom. The summed E-state index contributed by atoms with van der Waals surface area (Å²) >= 11 is 0. The lowest BCUT2D eigenvalue weighted by molar-refractivity contribution is 0.616. The first-order valence-electron chi connectivity index (χ1n) is 7.18. The van der Waals surface area contributed by atoms with E-state index in [0.29, 0.717) is 11.9 Å². The molecule has 0 saturated heterocycles. The van der Waals surface area contributed by atoms with Gasteiger partial charge in [-0.15, -0.1) is 0 Å². The largest absolute Gasteiger partial charge is 0.384 e. The van der Waals surface area contributed by atoms with Crippen molar-refractivity contribution in [3.05, 3.63) is 11.9 Å². The van der Waals surface area contributed by atoms with E-state index in [-0.39, 0.29) is 0 Å². The molecule has 2 rings (SSSR count). The summed E-state index contributed by atoms with van der Waals surface area (Å²) in [5, 5.41) is 3.53. The Labute approximate surface area is 109 Å². The molecule has 4 nitrogen and oxygen atoms in total. The van der Waals surface area contributed by atoms with Gasteiger partial charge in [0.1, 0.15) is 17.5 Å². The van der Waals surface area contributed by atoms with Gasteiger partial charge in [-0.1, -0.05) is 32.6 Å². The molecule has 1 aromatic rings. The maximum atomic E-state index is 5.83. The minimum absolute atomic E-state index is 0.552. The van der Waals surface area contributed by atoms with Crippen LogP contribution >= 0.6 is 0 Å². The smallest absolute Gasteiger partial charge is 0.133 e. The third kappa shape index (κ3) is 3.86. The average molecular weight is 248 g/mol. The van der Waals surface area contributed by atoms with Crippen LogP contribution in [0.1, 0.15) is 57.7 Å². The second-order valence-corrected chi connectivity index (χ2v) is 5.18. The van der Waals surface area contributed by atoms with Crippen molar-refractivity contribution in [2.75, 3.05) is 11.1 Å². The number of hydrogen-bond acceptors (Lipinski definition) is 4. The van der Waals surface area contributed by atoms with Crippen LogP contribution in [-0.4, -0.2) is 16.0 Å². The van der Waals surface area contributed by atoms with Crippen molar-refractivity contribution in [2.24, 2.45) is 0 Å². The van der Waals surface area contributed by atoms with Crippen molar-refractivity contribution in [3.8, 4) is 0 Å². The van der Waals surface area contributed by atoms with Gasteiger partial charge >= 0.3 is 0 Å². The molecule has 0 radical (unpaired) electrons. The van der Waals surface area contributed by atoms with Crippen LogP contribution in [0.3, 0.4) is 0 Å². The van der Waals surface area contributed by atoms with Crippen molar-refractivity contribution in [1.29, 1.82) is 0 Å². The van der Waals surface area contributed by atoms with Gasteiger partial charge in [0.15, 0.2) is 0 Å². The first-order chi connectivity index (χ1) is 8.78. The maximum absolute atomic E-state index is 5.83. The number of nitrogen functional groups attached to an aromatic ring is 1. The average Bonchev–Trinajstić information content (AvgIpc) is 2.57. The summed E-state index contributed by atoms with van der Waals surface area (Å²) < 4.78 is 0. The summed E-state index contributed by atoms with van der Waals surface area (Å²) in [5.74, 6) is 2.33. The molecule has 18 heavy (non-hydrogen) atoms. The van der Waals surface area contributed by atoms with Crippen LogP contribution in [0, 0.1) is 0 Å². The van der Waals surface area contributed by atoms with Crippen molar-refractivity contribution in [2.45, 2.75) is 64.3 Å². The summed E-state index contributed by atoms with van der Waals surface area (Å²) in [7, 11) is 0. The Balaban J connectivity index is 2.02. The number of hydrogen-bond donors (Lipinski definition) is 2. The fourth-order valence-electron chi connectivity index (χ4n) is 2.56. The van der Waals surface area contributed by atoms with Gasteiger partial charge in [-0.25, -0.2) is 9.97 Å². The summed E-state index contributed by atoms with van der Waals surface area (Å²) in [6.07, 6.45) is 9.80. The number of nitrogens with two attached hydrogens (primary N) is 1. The van der Waals surface area contributed by atoms with Crippen molar-refractivity contribution >= 4 is 11.6 Å². The van der Waals surface area contributed by atoms with E-state index in [9.17, 15) is 0 Å². The molecule has 0 bridgehead atoms. The van der Waals surface area contributed by atoms with E-state index in [1.807, 2.05) is 6.07 Å². The highest BCUT2D eigenvalue weighted by molar-refractivity contribution is 5.45. The van der Waals surface area contributed by atoms with Gasteiger partial charge < -0.3 is 11.1 Å². The molecular formula is C14H24N4. The van der Waals surface area contributed by atoms with Crippen LogP contribution < -0.4 is 11.1 Å². The normalized spacial score (nSPS) is 17.4. The zero-order valence-corrected chi connectivity index (χ0v) is 11.3. The third-order valence-electron chi connectivity index (χ3n) is 3.47. The van der Waals surface area contributed by atoms with E-state index in [1.54, 1.807) is 0 Å². The van der Waals surface area contributed by atoms with E-state index in [1.165, 1.54) is 38.5 Å². The van der Waals surface area contributed by atoms with Crippen molar-refractivity contribution in [1.82, 2.24) is 9.97 Å². The summed E-state index contributed by atoms with van der Waals surface area (Å²) in [6.45, 7) is 2.13. The highest BCUT2D eigenvalue weighted by Crippen LogP contribution is 2.21. The summed E-state index contributed by atoms with van der Waals surface area (Å²) in [6, 6.07) is 2.40. The highest BCUT2D eigenvalue weighted by Gasteiger charge is 2.13. The van der Waals surface area contributed by atoms with Crippen molar-refractivity contribution in [3.63, 3.8) is 0 Å². The molecule has 1 aromatic heterocycles. The van der Waals surface area contributed by atoms with Gasteiger partial charge in [-0.05, 0) is 19.3 Å². The molecule has 3 N–H and O–H groups in total. The fourth-order valence-corrected chi connectivity index (χ4v) is 2.56. The Kier molecular flexibility index (Phi) is 4.79. The van der Waals surface area contributed by atoms with Crippen molar-refractivity contribution < 1.29 is 0 Å². The second kappa shape index (κ2) is 6.57. The number of anilines is 2. The fraction of sp³-hybridized carbons (Fsp3) is 0.714. The Hall–Kier alpha value is -1.32. The van der Waals surface area contributed by atoms with Gasteiger partial charge in [0.05, 0.1) is 0 Å². The summed E-state index contributed by atoms with van der Waals surface area (Å²) in [5.41, 5.74) is 5.83. The molecule has 100 valence electrons. The molecule has 1 fully saturated rings. The standard InChI is InChI=1S/C14H24N4/c1-2-7-13-17-12(15)10-14(18-13)16-11-8-5-3-4-6-9-11/h10-11H,2-9H2,1H3,(H3,15,16,17,18). The molecule has 1 aliphatic carbocycles. The second-order valence-electron chi connectivity index (χ2n) is 5.18. The van der Waals surface area contributed by atoms with Crippen LogP contribution in [0.15, 0.2) is 6.07 Å². The van der Waals surface area contributed by atoms with Gasteiger partial charge in [-0.2, -0.15) is 0 Å². The Bertz CT molecular complexity index is 370. The van der Waals surface area contributed by atoms with E-state index >= 15 is 0 Å². The summed E-state index contributed by atoms with van der Waals surface area (Å²) in [4.78, 5) is 8.81. The van der Waals surface area contributed by atoms with Crippen LogP contribution in [-0.2, 0) is 6.42 Å². The van der Waals surface area contributed by atoms with Gasteiger partial charge in [0.25, 0.3) is 0 Å². The number of aromatic nitrogens is 2. The van der Waals surface area contributed by atoms with Crippen LogP contribution in [0.25, 0.3) is 0 Å². The monoisotopic (exact) mass is 248 g/mol. The molecule has 0 amide bonds. The maximum Gasteiger partial charge on any atom is 0.133 e. The zero-order chi connectivity index (χ0) is 12.8. The molecule has 0 unspecified atom stereocenters. The minimum atomic E-state index is 0.552. The Morgan fingerprint density at radius 2 is 1.94 bits per heavy atom. The number of nitrogens with one attached hydrogen (secondary N) is 1. The number of aryl methyl sites for hydroxylation is 1. The zero-order valence-electron chi connectivity index (χ0n) is 11.3. The molecule has 0 atom stereocenters. The highest BCUT2D eigenvalue weighted by atomic mass is 15.1. The van der Waals surface area contributed by atoms with Crippen LogP contribution in [0.5, 0.6) is 0 Å². The van der Waals surface area contributed by atoms with E-state index in [0.717, 1.165) is 24.5 Å². The predicted octanol–water partition coefficient (Wildman–Crippen LogP) is 3.15. The number of nitrogens with zero attached hydrogens (tertiary/aromatic N) is 2. The van der Waals surface area contributed by atoms with E-state index < -0.39 is 0 Å². The molecule has 0 aliphatic heterocycles. The molecule has 0 aromatic carbocycles. The molecular weight excluding hydrogens is 224 g/mol. The Morgan fingerprint density at radius 1 is 1.22 bits per heavy atom. The first-order valence-corrected chi connectivity index (χ1v) is 7.18. The number of rotatable bonds is 4. The van der Waals surface area contributed by atoms with Crippen LogP contribution in [0.2, 0.25) is 0 Å². The minimum Gasteiger partial charge on any atom is -0.384 e. The third-order valence-corrected chi connectivity index (χ3v) is 3.47. The molecule has 0 spiro atoms.